The van der Waals surface area contributed by atoms with Gasteiger partial charge in [0.1, 0.15) is 11.5 Å². The zero-order valence-electron chi connectivity index (χ0n) is 10.3. The van der Waals surface area contributed by atoms with E-state index in [1.807, 2.05) is 0 Å². The second-order valence-electron chi connectivity index (χ2n) is 3.69. The number of nitrogens with one attached hydrogen (secondary N) is 1. The van der Waals surface area contributed by atoms with E-state index >= 15 is 0 Å². The Morgan fingerprint density at radius 2 is 2.10 bits per heavy atom. The van der Waals surface area contributed by atoms with E-state index in [0.29, 0.717) is 11.3 Å². The Bertz CT molecular complexity index is 668. The van der Waals surface area contributed by atoms with Gasteiger partial charge in [-0.25, -0.2) is 9.78 Å². The molecule has 1 heterocycles. The van der Waals surface area contributed by atoms with E-state index < -0.39 is 11.9 Å². The van der Waals surface area contributed by atoms with Crippen molar-refractivity contribution in [1.82, 2.24) is 4.98 Å². The zero-order chi connectivity index (χ0) is 14.7. The Morgan fingerprint density at radius 3 is 2.75 bits per heavy atom. The van der Waals surface area contributed by atoms with Crippen LogP contribution >= 0.6 is 11.3 Å². The molecule has 1 aromatic carbocycles. The van der Waals surface area contributed by atoms with Crippen LogP contribution in [0.5, 0.6) is 11.5 Å². The summed E-state index contributed by atoms with van der Waals surface area (Å²) >= 11 is 1.09. The number of thiazole rings is 1. The van der Waals surface area contributed by atoms with Gasteiger partial charge in [-0.15, -0.1) is 11.3 Å². The van der Waals surface area contributed by atoms with E-state index in [-0.39, 0.29) is 16.6 Å². The molecule has 2 rings (SSSR count). The number of hydrogen-bond donors (Lipinski definition) is 3. The third-order valence-corrected chi connectivity index (χ3v) is 3.11. The predicted octanol–water partition coefficient (Wildman–Crippen LogP) is 1.33. The molecule has 0 aliphatic carbocycles. The van der Waals surface area contributed by atoms with Crippen LogP contribution in [0, 0.1) is 0 Å². The average Bonchev–Trinajstić information content (AvgIpc) is 2.85. The molecule has 2 aromatic rings. The minimum atomic E-state index is -1.02. The lowest BCUT2D eigenvalue weighted by atomic mass is 10.1. The molecule has 7 nitrogen and oxygen atoms in total. The molecule has 104 valence electrons. The normalized spacial score (nSPS) is 10.1. The Morgan fingerprint density at radius 1 is 1.35 bits per heavy atom. The van der Waals surface area contributed by atoms with Gasteiger partial charge in [0.25, 0.3) is 0 Å². The molecule has 3 N–H and O–H groups in total. The quantitative estimate of drug-likeness (QED) is 0.569. The van der Waals surface area contributed by atoms with Crippen molar-refractivity contribution < 1.29 is 24.5 Å². The maximum absolute atomic E-state index is 11.3. The molecule has 0 radical (unpaired) electrons. The van der Waals surface area contributed by atoms with Crippen LogP contribution in [-0.2, 0) is 14.3 Å². The number of ether oxygens (including phenoxy) is 1. The van der Waals surface area contributed by atoms with Gasteiger partial charge >= 0.3 is 11.9 Å². The number of methoxy groups -OCH3 is 1. The molecule has 8 heteroatoms. The topological polar surface area (TPSA) is 109 Å². The maximum Gasteiger partial charge on any atom is 0.396 e. The molecule has 0 aliphatic rings. The summed E-state index contributed by atoms with van der Waals surface area (Å²) in [5, 5.41) is 23.0. The van der Waals surface area contributed by atoms with Crippen LogP contribution in [-0.4, -0.2) is 34.2 Å². The average molecular weight is 294 g/mol. The van der Waals surface area contributed by atoms with Crippen LogP contribution in [0.4, 0.5) is 5.13 Å². The van der Waals surface area contributed by atoms with Gasteiger partial charge in [-0.3, -0.25) is 10.1 Å². The molecular weight excluding hydrogens is 284 g/mol. The number of benzene rings is 1. The number of phenolic OH excluding ortho intramolecular Hbond substituents is 2. The summed E-state index contributed by atoms with van der Waals surface area (Å²) in [6, 6.07) is 4.08. The van der Waals surface area contributed by atoms with Crippen molar-refractivity contribution in [2.24, 2.45) is 0 Å². The smallest absolute Gasteiger partial charge is 0.396 e. The summed E-state index contributed by atoms with van der Waals surface area (Å²) in [5.74, 6) is -2.15. The minimum absolute atomic E-state index is 0.0688. The molecule has 1 aromatic heterocycles. The monoisotopic (exact) mass is 294 g/mol. The van der Waals surface area contributed by atoms with Gasteiger partial charge in [-0.2, -0.15) is 0 Å². The van der Waals surface area contributed by atoms with Crippen LogP contribution in [0.2, 0.25) is 0 Å². The molecule has 0 saturated carbocycles. The van der Waals surface area contributed by atoms with Crippen LogP contribution in [0.15, 0.2) is 23.6 Å². The molecule has 0 aliphatic heterocycles. The molecular formula is C12H10N2O5S. The van der Waals surface area contributed by atoms with Gasteiger partial charge in [-0.1, -0.05) is 0 Å². The number of anilines is 1. The molecule has 0 saturated heterocycles. The van der Waals surface area contributed by atoms with E-state index in [1.54, 1.807) is 5.38 Å². The number of aromatic nitrogens is 1. The summed E-state index contributed by atoms with van der Waals surface area (Å²) in [7, 11) is 1.10. The molecule has 0 fully saturated rings. The number of aromatic hydroxyl groups is 2. The third kappa shape index (κ3) is 2.86. The molecule has 1 amide bonds. The molecule has 0 spiro atoms. The van der Waals surface area contributed by atoms with Crippen molar-refractivity contribution in [2.75, 3.05) is 12.4 Å². The van der Waals surface area contributed by atoms with Crippen LogP contribution in [0.25, 0.3) is 11.3 Å². The summed E-state index contributed by atoms with van der Waals surface area (Å²) in [6.07, 6.45) is 0. The fourth-order valence-electron chi connectivity index (χ4n) is 1.43. The molecule has 0 bridgehead atoms. The van der Waals surface area contributed by atoms with Crippen LogP contribution in [0.3, 0.4) is 0 Å². The lowest BCUT2D eigenvalue weighted by molar-refractivity contribution is -0.150. The highest BCUT2D eigenvalue weighted by atomic mass is 32.1. The highest BCUT2D eigenvalue weighted by molar-refractivity contribution is 7.14. The number of hydrogen-bond acceptors (Lipinski definition) is 7. The SMILES string of the molecule is COC(=O)C(=O)Nc1nc(-c2ccc(O)cc2O)cs1. The molecule has 0 atom stereocenters. The first-order chi connectivity index (χ1) is 9.51. The maximum atomic E-state index is 11.3. The van der Waals surface area contributed by atoms with E-state index in [4.69, 9.17) is 0 Å². The van der Waals surface area contributed by atoms with Crippen molar-refractivity contribution >= 4 is 28.3 Å². The van der Waals surface area contributed by atoms with Gasteiger partial charge < -0.3 is 14.9 Å². The second-order valence-corrected chi connectivity index (χ2v) is 4.54. The van der Waals surface area contributed by atoms with Gasteiger partial charge in [0.15, 0.2) is 5.13 Å². The first-order valence-electron chi connectivity index (χ1n) is 5.38. The zero-order valence-corrected chi connectivity index (χ0v) is 11.1. The van der Waals surface area contributed by atoms with Gasteiger partial charge in [0.05, 0.1) is 12.8 Å². The fourth-order valence-corrected chi connectivity index (χ4v) is 2.14. The summed E-state index contributed by atoms with van der Waals surface area (Å²) in [6.45, 7) is 0. The molecule has 20 heavy (non-hydrogen) atoms. The lowest BCUT2D eigenvalue weighted by Crippen LogP contribution is -2.23. The fraction of sp³-hybridized carbons (Fsp3) is 0.0833. The number of phenols is 2. The number of carbonyl (C=O) groups is 2. The number of rotatable bonds is 2. The minimum Gasteiger partial charge on any atom is -0.508 e. The Hall–Kier alpha value is -2.61. The first-order valence-corrected chi connectivity index (χ1v) is 6.26. The van der Waals surface area contributed by atoms with E-state index in [0.717, 1.165) is 18.4 Å². The number of esters is 1. The van der Waals surface area contributed by atoms with E-state index in [1.165, 1.54) is 18.2 Å². The van der Waals surface area contributed by atoms with E-state index in [9.17, 15) is 19.8 Å². The summed E-state index contributed by atoms with van der Waals surface area (Å²) in [4.78, 5) is 26.3. The summed E-state index contributed by atoms with van der Waals surface area (Å²) in [5.41, 5.74) is 0.810. The van der Waals surface area contributed by atoms with Crippen molar-refractivity contribution in [3.05, 3.63) is 23.6 Å². The third-order valence-electron chi connectivity index (χ3n) is 2.35. The number of carbonyl (C=O) groups excluding carboxylic acids is 2. The highest BCUT2D eigenvalue weighted by Gasteiger charge is 2.16. The first kappa shape index (κ1) is 13.8. The summed E-state index contributed by atoms with van der Waals surface area (Å²) < 4.78 is 4.27. The van der Waals surface area contributed by atoms with Gasteiger partial charge in [-0.05, 0) is 12.1 Å². The van der Waals surface area contributed by atoms with Gasteiger partial charge in [0, 0.05) is 17.0 Å². The molecule has 0 unspecified atom stereocenters. The van der Waals surface area contributed by atoms with E-state index in [2.05, 4.69) is 15.0 Å². The Balaban J connectivity index is 2.21. The van der Waals surface area contributed by atoms with Crippen molar-refractivity contribution in [1.29, 1.82) is 0 Å². The van der Waals surface area contributed by atoms with Crippen LogP contribution < -0.4 is 5.32 Å². The largest absolute Gasteiger partial charge is 0.508 e. The Labute approximate surface area is 117 Å². The number of nitrogens with zero attached hydrogens (tertiary/aromatic N) is 1. The second kappa shape index (κ2) is 5.57. The number of amides is 1. The predicted molar refractivity (Wildman–Crippen MR) is 71.5 cm³/mol. The van der Waals surface area contributed by atoms with Crippen molar-refractivity contribution in [2.45, 2.75) is 0 Å². The van der Waals surface area contributed by atoms with Gasteiger partial charge in [0.2, 0.25) is 0 Å². The highest BCUT2D eigenvalue weighted by Crippen LogP contribution is 2.33. The van der Waals surface area contributed by atoms with Crippen molar-refractivity contribution in [3.8, 4) is 22.8 Å². The lowest BCUT2D eigenvalue weighted by Gasteiger charge is -2.01. The Kier molecular flexibility index (Phi) is 3.85. The van der Waals surface area contributed by atoms with Crippen molar-refractivity contribution in [3.63, 3.8) is 0 Å². The van der Waals surface area contributed by atoms with Crippen LogP contribution in [0.1, 0.15) is 0 Å². The standard InChI is InChI=1S/C12H10N2O5S/c1-19-11(18)10(17)14-12-13-8(5-20-12)7-3-2-6(15)4-9(7)16/h2-5,15-16H,1H3,(H,13,14,17).